The Hall–Kier alpha value is -2.41. The molecule has 2 aliphatic heterocycles. The Balaban J connectivity index is 1.74. The summed E-state index contributed by atoms with van der Waals surface area (Å²) in [5.41, 5.74) is 4.19. The summed E-state index contributed by atoms with van der Waals surface area (Å²) < 4.78 is 68.4. The van der Waals surface area contributed by atoms with Crippen LogP contribution in [0.4, 0.5) is 22.0 Å². The number of carbonyl (C=O) groups excluding carboxylic acids is 2. The third-order valence-corrected chi connectivity index (χ3v) is 5.89. The molecule has 8 nitrogen and oxygen atoms in total. The Bertz CT molecular complexity index is 963. The van der Waals surface area contributed by atoms with E-state index in [-0.39, 0.29) is 43.0 Å². The maximum atomic E-state index is 13.7. The van der Waals surface area contributed by atoms with Crippen LogP contribution in [0.15, 0.2) is 0 Å². The molecule has 2 atom stereocenters. The van der Waals surface area contributed by atoms with Crippen LogP contribution in [-0.4, -0.2) is 68.0 Å². The van der Waals surface area contributed by atoms with Gasteiger partial charge in [0.05, 0.1) is 12.2 Å². The zero-order valence-corrected chi connectivity index (χ0v) is 19.1. The van der Waals surface area contributed by atoms with Crippen molar-refractivity contribution < 1.29 is 36.6 Å². The number of alkyl halides is 5. The summed E-state index contributed by atoms with van der Waals surface area (Å²) in [4.78, 5) is 34.6. The fourth-order valence-electron chi connectivity index (χ4n) is 4.00. The summed E-state index contributed by atoms with van der Waals surface area (Å²) in [6.45, 7) is 4.38. The lowest BCUT2D eigenvalue weighted by Gasteiger charge is -2.38. The average molecular weight is 493 g/mol. The van der Waals surface area contributed by atoms with Gasteiger partial charge >= 0.3 is 6.18 Å². The van der Waals surface area contributed by atoms with Crippen molar-refractivity contribution in [3.05, 3.63) is 22.8 Å². The van der Waals surface area contributed by atoms with Gasteiger partial charge in [-0.25, -0.2) is 18.7 Å². The molecule has 34 heavy (non-hydrogen) atoms. The molecule has 0 bridgehead atoms. The van der Waals surface area contributed by atoms with Gasteiger partial charge in [0.25, 0.3) is 5.92 Å². The van der Waals surface area contributed by atoms with Crippen LogP contribution in [0.3, 0.4) is 0 Å². The van der Waals surface area contributed by atoms with E-state index < -0.39 is 66.7 Å². The number of hydrogen-bond acceptors (Lipinski definition) is 6. The second kappa shape index (κ2) is 8.99. The molecule has 1 saturated heterocycles. The molecule has 0 aromatic carbocycles. The fraction of sp³-hybridized carbons (Fsp3) is 0.714. The van der Waals surface area contributed by atoms with Crippen LogP contribution >= 0.6 is 0 Å². The number of nitrogens with two attached hydrogens (primary N) is 1. The molecule has 1 unspecified atom stereocenters. The molecule has 3 rings (SSSR count). The average Bonchev–Trinajstić information content (AvgIpc) is 2.71. The summed E-state index contributed by atoms with van der Waals surface area (Å²) in [7, 11) is 0. The highest BCUT2D eigenvalue weighted by atomic mass is 19.4. The Labute approximate surface area is 193 Å². The van der Waals surface area contributed by atoms with E-state index >= 15 is 0 Å². The molecule has 13 heteroatoms. The van der Waals surface area contributed by atoms with Gasteiger partial charge in [-0.05, 0) is 6.42 Å². The molecule has 190 valence electrons. The van der Waals surface area contributed by atoms with Crippen molar-refractivity contribution in [2.45, 2.75) is 82.8 Å². The van der Waals surface area contributed by atoms with E-state index in [1.165, 1.54) is 4.90 Å². The highest BCUT2D eigenvalue weighted by Gasteiger charge is 2.48. The third-order valence-electron chi connectivity index (χ3n) is 5.89. The first-order valence-electron chi connectivity index (χ1n) is 10.9. The molecule has 2 amide bonds. The van der Waals surface area contributed by atoms with Crippen LogP contribution in [0.25, 0.3) is 0 Å². The van der Waals surface area contributed by atoms with Crippen LogP contribution < -0.4 is 5.73 Å². The molecule has 3 heterocycles. The number of nitrogens with zero attached hydrogens (tertiary/aromatic N) is 4. The summed E-state index contributed by atoms with van der Waals surface area (Å²) in [5, 5.41) is 9.79. The smallest absolute Gasteiger partial charge is 0.368 e. The van der Waals surface area contributed by atoms with Crippen LogP contribution in [0, 0.1) is 0 Å². The van der Waals surface area contributed by atoms with Crippen molar-refractivity contribution in [1.82, 2.24) is 19.8 Å². The topological polar surface area (TPSA) is 113 Å². The van der Waals surface area contributed by atoms with Crippen LogP contribution in [-0.2, 0) is 34.1 Å². The van der Waals surface area contributed by atoms with Gasteiger partial charge in [-0.2, -0.15) is 13.2 Å². The lowest BCUT2D eigenvalue weighted by Crippen LogP contribution is -2.58. The number of halogens is 5. The number of aliphatic hydroxyl groups excluding tert-OH is 1. The van der Waals surface area contributed by atoms with Gasteiger partial charge in [0.1, 0.15) is 5.82 Å². The highest BCUT2D eigenvalue weighted by Crippen LogP contribution is 2.36. The van der Waals surface area contributed by atoms with E-state index in [2.05, 4.69) is 9.97 Å². The maximum absolute atomic E-state index is 13.7. The lowest BCUT2D eigenvalue weighted by molar-refractivity contribution is -0.205. The summed E-state index contributed by atoms with van der Waals surface area (Å²) in [5.74, 6) is -4.69. The molecule has 0 aliphatic carbocycles. The molecule has 0 saturated carbocycles. The van der Waals surface area contributed by atoms with Gasteiger partial charge in [0, 0.05) is 49.4 Å². The zero-order chi connectivity index (χ0) is 25.6. The van der Waals surface area contributed by atoms with Crippen molar-refractivity contribution in [3.8, 4) is 0 Å². The molecule has 0 spiro atoms. The van der Waals surface area contributed by atoms with Crippen molar-refractivity contribution in [1.29, 1.82) is 0 Å². The quantitative estimate of drug-likeness (QED) is 0.621. The molecule has 0 radical (unpaired) electrons. The Morgan fingerprint density at radius 1 is 1.24 bits per heavy atom. The first-order valence-corrected chi connectivity index (χ1v) is 10.9. The minimum Gasteiger partial charge on any atom is -0.368 e. The number of likely N-dealkylation sites (tertiary alicyclic amines) is 1. The van der Waals surface area contributed by atoms with E-state index in [1.54, 1.807) is 20.8 Å². The Morgan fingerprint density at radius 2 is 1.88 bits per heavy atom. The molecular formula is C21H28F5N5O3. The van der Waals surface area contributed by atoms with E-state index in [4.69, 9.17) is 5.73 Å². The van der Waals surface area contributed by atoms with Crippen molar-refractivity contribution >= 4 is 11.8 Å². The first-order chi connectivity index (χ1) is 15.5. The van der Waals surface area contributed by atoms with Gasteiger partial charge in [-0.15, -0.1) is 0 Å². The predicted molar refractivity (Wildman–Crippen MR) is 109 cm³/mol. The minimum atomic E-state index is -4.68. The van der Waals surface area contributed by atoms with Crippen molar-refractivity contribution in [2.75, 3.05) is 13.1 Å². The largest absolute Gasteiger partial charge is 0.433 e. The molecular weight excluding hydrogens is 465 g/mol. The van der Waals surface area contributed by atoms with Gasteiger partial charge in [0.15, 0.2) is 11.9 Å². The Morgan fingerprint density at radius 3 is 2.47 bits per heavy atom. The lowest BCUT2D eigenvalue weighted by atomic mass is 9.93. The third kappa shape index (κ3) is 5.45. The van der Waals surface area contributed by atoms with E-state index in [0.29, 0.717) is 4.90 Å². The second-order valence-electron chi connectivity index (χ2n) is 9.78. The predicted octanol–water partition coefficient (Wildman–Crippen LogP) is 1.97. The van der Waals surface area contributed by atoms with E-state index in [9.17, 15) is 36.6 Å². The molecule has 1 aromatic heterocycles. The normalized spacial score (nSPS) is 21.9. The summed E-state index contributed by atoms with van der Waals surface area (Å²) in [6.07, 6.45) is -8.68. The number of carbonyl (C=O) groups is 2. The van der Waals surface area contributed by atoms with Gasteiger partial charge in [-0.1, -0.05) is 20.8 Å². The number of amides is 2. The Kier molecular flexibility index (Phi) is 6.93. The molecule has 1 aromatic rings. The maximum Gasteiger partial charge on any atom is 0.433 e. The van der Waals surface area contributed by atoms with Crippen LogP contribution in [0.1, 0.15) is 62.8 Å². The number of aliphatic hydroxyl groups is 1. The van der Waals surface area contributed by atoms with Crippen LogP contribution in [0.2, 0.25) is 0 Å². The number of fused-ring (bicyclic) bond motifs is 1. The standard InChI is InChI=1S/C21H28F5N5O3/c1-19(2,3)17-28-13-10-30(7-5-12(13)16(29-17)21(24,25)26)15(33)8-11(27)9-31-14(32)4-6-20(22,23)18(31)34/h11,18,34H,4-10,27H2,1-3H3/t11-,18?/m0/s1. The van der Waals surface area contributed by atoms with Gasteiger partial charge < -0.3 is 20.6 Å². The van der Waals surface area contributed by atoms with Crippen molar-refractivity contribution in [2.24, 2.45) is 5.73 Å². The number of piperidine rings is 1. The number of aromatic nitrogens is 2. The number of hydrogen-bond donors (Lipinski definition) is 2. The fourth-order valence-corrected chi connectivity index (χ4v) is 4.00. The first kappa shape index (κ1) is 26.2. The SMILES string of the molecule is CC(C)(C)c1nc2c(c(C(F)(F)F)n1)CCN(C(=O)C[C@H](N)CN1C(=O)CCC(F)(F)C1O)C2. The van der Waals surface area contributed by atoms with Crippen molar-refractivity contribution in [3.63, 3.8) is 0 Å². The molecule has 2 aliphatic rings. The molecule has 3 N–H and O–H groups in total. The monoisotopic (exact) mass is 493 g/mol. The van der Waals surface area contributed by atoms with E-state index in [0.717, 1.165) is 0 Å². The minimum absolute atomic E-state index is 0.00287. The number of rotatable bonds is 4. The van der Waals surface area contributed by atoms with E-state index in [1.807, 2.05) is 0 Å². The van der Waals surface area contributed by atoms with Gasteiger partial charge in [-0.3, -0.25) is 9.59 Å². The van der Waals surface area contributed by atoms with Gasteiger partial charge in [0.2, 0.25) is 11.8 Å². The summed E-state index contributed by atoms with van der Waals surface area (Å²) >= 11 is 0. The summed E-state index contributed by atoms with van der Waals surface area (Å²) in [6, 6.07) is -1.05. The van der Waals surface area contributed by atoms with Crippen LogP contribution in [0.5, 0.6) is 0 Å². The highest BCUT2D eigenvalue weighted by molar-refractivity contribution is 5.79. The second-order valence-corrected chi connectivity index (χ2v) is 9.78. The molecule has 1 fully saturated rings. The zero-order valence-electron chi connectivity index (χ0n) is 19.1.